The molecular formula is C23H22FN3O3. The minimum absolute atomic E-state index is 0.122. The fraction of sp³-hybridized carbons (Fsp3) is 0.261. The summed E-state index contributed by atoms with van der Waals surface area (Å²) in [5.74, 6) is -0.524. The molecule has 1 aromatic heterocycles. The normalized spacial score (nSPS) is 18.9. The molecule has 6 nitrogen and oxygen atoms in total. The van der Waals surface area contributed by atoms with E-state index >= 15 is 0 Å². The van der Waals surface area contributed by atoms with E-state index in [-0.39, 0.29) is 29.4 Å². The van der Waals surface area contributed by atoms with Gasteiger partial charge in [-0.05, 0) is 36.2 Å². The molecule has 1 aliphatic heterocycles. The fourth-order valence-electron chi connectivity index (χ4n) is 3.71. The maximum Gasteiger partial charge on any atom is 0.276 e. The zero-order valence-electron chi connectivity index (χ0n) is 16.5. The molecule has 30 heavy (non-hydrogen) atoms. The molecule has 0 unspecified atom stereocenters. The molecule has 3 aromatic rings. The molecule has 2 aromatic carbocycles. The van der Waals surface area contributed by atoms with Crippen LogP contribution in [0.2, 0.25) is 0 Å². The van der Waals surface area contributed by atoms with Gasteiger partial charge in [-0.25, -0.2) is 4.39 Å². The van der Waals surface area contributed by atoms with Crippen molar-refractivity contribution in [3.05, 3.63) is 77.7 Å². The van der Waals surface area contributed by atoms with E-state index in [1.165, 1.54) is 18.2 Å². The number of piperazine rings is 1. The molecule has 0 spiro atoms. The largest absolute Gasteiger partial charge is 0.355 e. The maximum atomic E-state index is 13.3. The molecule has 1 fully saturated rings. The van der Waals surface area contributed by atoms with Gasteiger partial charge in [-0.3, -0.25) is 9.59 Å². The van der Waals surface area contributed by atoms with Crippen LogP contribution < -0.4 is 5.32 Å². The zero-order chi connectivity index (χ0) is 21.1. The summed E-state index contributed by atoms with van der Waals surface area (Å²) in [7, 11) is 0. The number of amides is 2. The number of benzene rings is 2. The van der Waals surface area contributed by atoms with E-state index in [0.717, 1.165) is 12.0 Å². The van der Waals surface area contributed by atoms with Crippen molar-refractivity contribution in [1.82, 2.24) is 15.4 Å². The molecule has 2 atom stereocenters. The third-order valence-corrected chi connectivity index (χ3v) is 5.26. The predicted molar refractivity (Wildman–Crippen MR) is 109 cm³/mol. The maximum absolute atomic E-state index is 13.3. The van der Waals surface area contributed by atoms with Gasteiger partial charge in [0.15, 0.2) is 11.5 Å². The summed E-state index contributed by atoms with van der Waals surface area (Å²) in [5.41, 5.74) is 1.68. The third-order valence-electron chi connectivity index (χ3n) is 5.26. The van der Waals surface area contributed by atoms with Crippen LogP contribution in [0.25, 0.3) is 11.3 Å². The summed E-state index contributed by atoms with van der Waals surface area (Å²) < 4.78 is 18.5. The first-order valence-electron chi connectivity index (χ1n) is 9.95. The summed E-state index contributed by atoms with van der Waals surface area (Å²) in [6.45, 7) is 2.32. The Morgan fingerprint density at radius 1 is 1.20 bits per heavy atom. The number of aromatic nitrogens is 1. The van der Waals surface area contributed by atoms with Gasteiger partial charge in [0.1, 0.15) is 11.9 Å². The van der Waals surface area contributed by atoms with Crippen LogP contribution in [0, 0.1) is 5.82 Å². The Morgan fingerprint density at radius 3 is 2.63 bits per heavy atom. The topological polar surface area (TPSA) is 75.4 Å². The van der Waals surface area contributed by atoms with Crippen molar-refractivity contribution in [1.29, 1.82) is 0 Å². The first-order chi connectivity index (χ1) is 14.6. The summed E-state index contributed by atoms with van der Waals surface area (Å²) in [5, 5.41) is 6.94. The van der Waals surface area contributed by atoms with E-state index in [2.05, 4.69) is 10.5 Å². The van der Waals surface area contributed by atoms with Crippen molar-refractivity contribution in [2.24, 2.45) is 0 Å². The first kappa shape index (κ1) is 19.8. The smallest absolute Gasteiger partial charge is 0.276 e. The quantitative estimate of drug-likeness (QED) is 0.695. The monoisotopic (exact) mass is 407 g/mol. The third kappa shape index (κ3) is 3.96. The van der Waals surface area contributed by atoms with Crippen LogP contribution in [-0.2, 0) is 4.79 Å². The predicted octanol–water partition coefficient (Wildman–Crippen LogP) is 3.96. The van der Waals surface area contributed by atoms with E-state index in [9.17, 15) is 14.0 Å². The van der Waals surface area contributed by atoms with Crippen LogP contribution in [0.5, 0.6) is 0 Å². The highest BCUT2D eigenvalue weighted by atomic mass is 19.1. The number of hydrogen-bond acceptors (Lipinski definition) is 4. The second-order valence-corrected chi connectivity index (χ2v) is 7.32. The molecule has 154 valence electrons. The molecule has 0 bridgehead atoms. The molecule has 0 aliphatic carbocycles. The number of halogens is 1. The SMILES string of the molecule is CCC[C@H]1C(=O)N[C@@H](c2ccccc2)CN1C(=O)c1cc(-c2ccc(F)cc2)on1. The van der Waals surface area contributed by atoms with Crippen molar-refractivity contribution in [2.75, 3.05) is 6.54 Å². The Kier molecular flexibility index (Phi) is 5.61. The van der Waals surface area contributed by atoms with Gasteiger partial charge in [-0.1, -0.05) is 48.8 Å². The second-order valence-electron chi connectivity index (χ2n) is 7.32. The van der Waals surface area contributed by atoms with Gasteiger partial charge >= 0.3 is 0 Å². The van der Waals surface area contributed by atoms with Crippen LogP contribution in [0.15, 0.2) is 65.2 Å². The highest BCUT2D eigenvalue weighted by Crippen LogP contribution is 2.26. The Balaban J connectivity index is 1.61. The van der Waals surface area contributed by atoms with E-state index in [1.54, 1.807) is 17.0 Å². The lowest BCUT2D eigenvalue weighted by atomic mass is 9.98. The Hall–Kier alpha value is -3.48. The molecule has 7 heteroatoms. The number of carbonyl (C=O) groups excluding carboxylic acids is 2. The second kappa shape index (κ2) is 8.49. The molecule has 0 saturated carbocycles. The van der Waals surface area contributed by atoms with Crippen LogP contribution >= 0.6 is 0 Å². The summed E-state index contributed by atoms with van der Waals surface area (Å²) in [6.07, 6.45) is 1.32. The van der Waals surface area contributed by atoms with Gasteiger partial charge in [0, 0.05) is 18.2 Å². The van der Waals surface area contributed by atoms with Gasteiger partial charge < -0.3 is 14.7 Å². The van der Waals surface area contributed by atoms with Crippen LogP contribution in [0.1, 0.15) is 41.9 Å². The van der Waals surface area contributed by atoms with Gasteiger partial charge in [0.05, 0.1) is 6.04 Å². The van der Waals surface area contributed by atoms with Gasteiger partial charge in [0.2, 0.25) is 5.91 Å². The fourth-order valence-corrected chi connectivity index (χ4v) is 3.71. The van der Waals surface area contributed by atoms with E-state index < -0.39 is 6.04 Å². The number of nitrogens with one attached hydrogen (secondary N) is 1. The van der Waals surface area contributed by atoms with Crippen LogP contribution in [0.3, 0.4) is 0 Å². The number of rotatable bonds is 5. The highest BCUT2D eigenvalue weighted by molar-refractivity contribution is 5.97. The summed E-state index contributed by atoms with van der Waals surface area (Å²) in [6, 6.07) is 16.0. The zero-order valence-corrected chi connectivity index (χ0v) is 16.5. The molecule has 0 radical (unpaired) electrons. The standard InChI is InChI=1S/C23H22FN3O3/c1-2-6-20-22(28)25-19(15-7-4-3-5-8-15)14-27(20)23(29)18-13-21(30-26-18)16-9-11-17(24)12-10-16/h3-5,7-13,19-20H,2,6,14H2,1H3,(H,25,28)/t19-,20+/m1/s1. The first-order valence-corrected chi connectivity index (χ1v) is 9.95. The lowest BCUT2D eigenvalue weighted by molar-refractivity contribution is -0.129. The Labute approximate surface area is 173 Å². The van der Waals surface area contributed by atoms with Gasteiger partial charge in [-0.2, -0.15) is 0 Å². The average Bonchev–Trinajstić information content (AvgIpc) is 3.26. The molecule has 2 amide bonds. The molecule has 1 aliphatic rings. The molecule has 1 saturated heterocycles. The summed E-state index contributed by atoms with van der Waals surface area (Å²) >= 11 is 0. The van der Waals surface area contributed by atoms with E-state index in [4.69, 9.17) is 4.52 Å². The number of nitrogens with zero attached hydrogens (tertiary/aromatic N) is 2. The molecular weight excluding hydrogens is 385 g/mol. The summed E-state index contributed by atoms with van der Waals surface area (Å²) in [4.78, 5) is 27.6. The van der Waals surface area contributed by atoms with Crippen molar-refractivity contribution in [2.45, 2.75) is 31.8 Å². The molecule has 2 heterocycles. The van der Waals surface area contributed by atoms with Crippen molar-refractivity contribution in [3.8, 4) is 11.3 Å². The van der Waals surface area contributed by atoms with E-state index in [0.29, 0.717) is 24.3 Å². The average molecular weight is 407 g/mol. The van der Waals surface area contributed by atoms with Crippen LogP contribution in [-0.4, -0.2) is 34.5 Å². The van der Waals surface area contributed by atoms with Crippen molar-refractivity contribution in [3.63, 3.8) is 0 Å². The van der Waals surface area contributed by atoms with E-state index in [1.807, 2.05) is 37.3 Å². The Morgan fingerprint density at radius 2 is 1.93 bits per heavy atom. The lowest BCUT2D eigenvalue weighted by Crippen LogP contribution is -2.58. The minimum Gasteiger partial charge on any atom is -0.355 e. The van der Waals surface area contributed by atoms with Gasteiger partial charge in [-0.15, -0.1) is 0 Å². The highest BCUT2D eigenvalue weighted by Gasteiger charge is 2.38. The number of hydrogen-bond donors (Lipinski definition) is 1. The lowest BCUT2D eigenvalue weighted by Gasteiger charge is -2.39. The van der Waals surface area contributed by atoms with Crippen molar-refractivity contribution < 1.29 is 18.5 Å². The van der Waals surface area contributed by atoms with Gasteiger partial charge in [0.25, 0.3) is 5.91 Å². The number of carbonyl (C=O) groups is 2. The van der Waals surface area contributed by atoms with Crippen LogP contribution in [0.4, 0.5) is 4.39 Å². The minimum atomic E-state index is -0.562. The molecule has 4 rings (SSSR count). The van der Waals surface area contributed by atoms with Crippen molar-refractivity contribution >= 4 is 11.8 Å². The Bertz CT molecular complexity index is 1030. The molecule has 1 N–H and O–H groups in total.